The van der Waals surface area contributed by atoms with Crippen LogP contribution in [0.4, 0.5) is 19.0 Å². The lowest BCUT2D eigenvalue weighted by molar-refractivity contribution is -0.138. The van der Waals surface area contributed by atoms with Gasteiger partial charge in [-0.15, -0.1) is 0 Å². The van der Waals surface area contributed by atoms with Crippen molar-refractivity contribution in [3.8, 4) is 0 Å². The largest absolute Gasteiger partial charge is 0.416 e. The Hall–Kier alpha value is -2.84. The van der Waals surface area contributed by atoms with Crippen molar-refractivity contribution in [1.82, 2.24) is 9.78 Å². The molecule has 0 bridgehead atoms. The van der Waals surface area contributed by atoms with E-state index >= 15 is 0 Å². The van der Waals surface area contributed by atoms with Crippen molar-refractivity contribution in [1.29, 1.82) is 0 Å². The standard InChI is InChI=1S/C17H19F3N4O2/c1-16(2,3)15(26)23-14-11(13(21)25)8-22-24(14)9-10-6-4-5-7-12(10)17(18,19)20/h4-8H,9H2,1-3H3,(H2,21,25)(H,23,26). The van der Waals surface area contributed by atoms with E-state index in [0.29, 0.717) is 0 Å². The van der Waals surface area contributed by atoms with Gasteiger partial charge in [0.15, 0.2) is 0 Å². The molecule has 0 radical (unpaired) electrons. The van der Waals surface area contributed by atoms with E-state index in [1.54, 1.807) is 20.8 Å². The van der Waals surface area contributed by atoms with Crippen LogP contribution < -0.4 is 11.1 Å². The van der Waals surface area contributed by atoms with Gasteiger partial charge in [-0.05, 0) is 11.6 Å². The van der Waals surface area contributed by atoms with Crippen LogP contribution >= 0.6 is 0 Å². The maximum atomic E-state index is 13.2. The number of halogens is 3. The summed E-state index contributed by atoms with van der Waals surface area (Å²) in [4.78, 5) is 23.8. The van der Waals surface area contributed by atoms with Crippen molar-refractivity contribution in [3.63, 3.8) is 0 Å². The number of amides is 2. The third-order valence-electron chi connectivity index (χ3n) is 3.66. The van der Waals surface area contributed by atoms with Crippen molar-refractivity contribution >= 4 is 17.6 Å². The number of hydrogen-bond donors (Lipinski definition) is 2. The molecule has 0 fully saturated rings. The summed E-state index contributed by atoms with van der Waals surface area (Å²) in [5, 5.41) is 6.46. The molecule has 0 unspecified atom stereocenters. The summed E-state index contributed by atoms with van der Waals surface area (Å²) < 4.78 is 40.7. The molecule has 2 rings (SSSR count). The lowest BCUT2D eigenvalue weighted by atomic mass is 9.95. The smallest absolute Gasteiger partial charge is 0.365 e. The van der Waals surface area contributed by atoms with Crippen LogP contribution in [0, 0.1) is 5.41 Å². The van der Waals surface area contributed by atoms with E-state index in [1.165, 1.54) is 18.2 Å². The minimum Gasteiger partial charge on any atom is -0.365 e. The van der Waals surface area contributed by atoms with Crippen molar-refractivity contribution in [3.05, 3.63) is 47.2 Å². The molecular weight excluding hydrogens is 349 g/mol. The van der Waals surface area contributed by atoms with Gasteiger partial charge in [0.2, 0.25) is 5.91 Å². The van der Waals surface area contributed by atoms with E-state index in [-0.39, 0.29) is 23.5 Å². The molecule has 1 heterocycles. The maximum absolute atomic E-state index is 13.2. The molecule has 1 aromatic heterocycles. The van der Waals surface area contributed by atoms with Crippen LogP contribution in [0.5, 0.6) is 0 Å². The number of carbonyl (C=O) groups is 2. The molecule has 9 heteroatoms. The Kier molecular flexibility index (Phi) is 5.11. The Bertz CT molecular complexity index is 835. The first-order chi connectivity index (χ1) is 11.9. The molecule has 6 nitrogen and oxygen atoms in total. The lowest BCUT2D eigenvalue weighted by Crippen LogP contribution is -2.30. The molecule has 2 aromatic rings. The van der Waals surface area contributed by atoms with Gasteiger partial charge in [0.25, 0.3) is 5.91 Å². The van der Waals surface area contributed by atoms with Crippen LogP contribution in [-0.4, -0.2) is 21.6 Å². The van der Waals surface area contributed by atoms with Crippen LogP contribution in [-0.2, 0) is 17.5 Å². The topological polar surface area (TPSA) is 90.0 Å². The highest BCUT2D eigenvalue weighted by molar-refractivity contribution is 6.03. The van der Waals surface area contributed by atoms with Crippen LogP contribution in [0.25, 0.3) is 0 Å². The second kappa shape index (κ2) is 6.81. The Morgan fingerprint density at radius 1 is 1.19 bits per heavy atom. The molecule has 0 spiro atoms. The first-order valence-electron chi connectivity index (χ1n) is 7.73. The summed E-state index contributed by atoms with van der Waals surface area (Å²) >= 11 is 0. The minimum atomic E-state index is -4.54. The van der Waals surface area contributed by atoms with Gasteiger partial charge in [-0.2, -0.15) is 18.3 Å². The maximum Gasteiger partial charge on any atom is 0.416 e. The fourth-order valence-electron chi connectivity index (χ4n) is 2.21. The number of aromatic nitrogens is 2. The second-order valence-corrected chi connectivity index (χ2v) is 6.79. The van der Waals surface area contributed by atoms with Crippen LogP contribution in [0.3, 0.4) is 0 Å². The number of carbonyl (C=O) groups excluding carboxylic acids is 2. The van der Waals surface area contributed by atoms with Gasteiger partial charge in [0.05, 0.1) is 18.3 Å². The van der Waals surface area contributed by atoms with Crippen molar-refractivity contribution < 1.29 is 22.8 Å². The number of alkyl halides is 3. The average molecular weight is 368 g/mol. The summed E-state index contributed by atoms with van der Waals surface area (Å²) in [6.07, 6.45) is -3.41. The van der Waals surface area contributed by atoms with E-state index in [0.717, 1.165) is 16.9 Å². The lowest BCUT2D eigenvalue weighted by Gasteiger charge is -2.19. The molecule has 2 amide bonds. The van der Waals surface area contributed by atoms with E-state index in [9.17, 15) is 22.8 Å². The number of primary amides is 1. The molecule has 3 N–H and O–H groups in total. The average Bonchev–Trinajstić information content (AvgIpc) is 2.88. The Morgan fingerprint density at radius 2 is 1.81 bits per heavy atom. The first-order valence-corrected chi connectivity index (χ1v) is 7.73. The Labute approximate surface area is 148 Å². The molecule has 0 aliphatic carbocycles. The molecular formula is C17H19F3N4O2. The summed E-state index contributed by atoms with van der Waals surface area (Å²) in [6, 6.07) is 5.02. The molecule has 0 saturated heterocycles. The number of benzene rings is 1. The van der Waals surface area contributed by atoms with Gasteiger partial charge < -0.3 is 11.1 Å². The predicted octanol–water partition coefficient (Wildman–Crippen LogP) is 3.03. The SMILES string of the molecule is CC(C)(C)C(=O)Nc1c(C(N)=O)cnn1Cc1ccccc1C(F)(F)F. The fraction of sp³-hybridized carbons (Fsp3) is 0.353. The molecule has 1 aromatic carbocycles. The highest BCUT2D eigenvalue weighted by atomic mass is 19.4. The van der Waals surface area contributed by atoms with Crippen molar-refractivity contribution in [2.24, 2.45) is 11.1 Å². The van der Waals surface area contributed by atoms with Crippen molar-refractivity contribution in [2.75, 3.05) is 5.32 Å². The fourth-order valence-corrected chi connectivity index (χ4v) is 2.21. The van der Waals surface area contributed by atoms with E-state index in [2.05, 4.69) is 10.4 Å². The molecule has 0 atom stereocenters. The van der Waals surface area contributed by atoms with Gasteiger partial charge in [0.1, 0.15) is 11.4 Å². The van der Waals surface area contributed by atoms with E-state index in [4.69, 9.17) is 5.73 Å². The second-order valence-electron chi connectivity index (χ2n) is 6.79. The van der Waals surface area contributed by atoms with Crippen LogP contribution in [0.2, 0.25) is 0 Å². The summed E-state index contributed by atoms with van der Waals surface area (Å²) in [5.74, 6) is -1.30. The predicted molar refractivity (Wildman–Crippen MR) is 89.4 cm³/mol. The minimum absolute atomic E-state index is 0.0330. The van der Waals surface area contributed by atoms with Gasteiger partial charge in [-0.1, -0.05) is 39.0 Å². The highest BCUT2D eigenvalue weighted by Crippen LogP contribution is 2.32. The van der Waals surface area contributed by atoms with E-state index in [1.807, 2.05) is 0 Å². The number of nitrogens with zero attached hydrogens (tertiary/aromatic N) is 2. The zero-order valence-corrected chi connectivity index (χ0v) is 14.5. The van der Waals surface area contributed by atoms with Gasteiger partial charge in [-0.3, -0.25) is 9.59 Å². The van der Waals surface area contributed by atoms with Gasteiger partial charge in [-0.25, -0.2) is 4.68 Å². The van der Waals surface area contributed by atoms with Gasteiger partial charge in [0, 0.05) is 5.41 Å². The first kappa shape index (κ1) is 19.5. The molecule has 26 heavy (non-hydrogen) atoms. The zero-order valence-electron chi connectivity index (χ0n) is 14.5. The number of nitrogens with one attached hydrogen (secondary N) is 1. The third-order valence-corrected chi connectivity index (χ3v) is 3.66. The Balaban J connectivity index is 2.46. The van der Waals surface area contributed by atoms with Gasteiger partial charge >= 0.3 is 6.18 Å². The van der Waals surface area contributed by atoms with Crippen LogP contribution in [0.1, 0.15) is 42.3 Å². The van der Waals surface area contributed by atoms with Crippen LogP contribution in [0.15, 0.2) is 30.5 Å². The van der Waals surface area contributed by atoms with E-state index < -0.39 is 29.0 Å². The molecule has 140 valence electrons. The normalized spacial score (nSPS) is 12.1. The zero-order chi connectivity index (χ0) is 19.7. The highest BCUT2D eigenvalue weighted by Gasteiger charge is 2.33. The van der Waals surface area contributed by atoms with Crippen molar-refractivity contribution in [2.45, 2.75) is 33.5 Å². The monoisotopic (exact) mass is 368 g/mol. The third kappa shape index (κ3) is 4.22. The molecule has 0 aliphatic heterocycles. The number of anilines is 1. The molecule has 0 aliphatic rings. The molecule has 0 saturated carbocycles. The number of nitrogens with two attached hydrogens (primary N) is 1. The summed E-state index contributed by atoms with van der Waals surface area (Å²) in [5.41, 5.74) is 3.55. The summed E-state index contributed by atoms with van der Waals surface area (Å²) in [6.45, 7) is 4.69. The quantitative estimate of drug-likeness (QED) is 0.869. The Morgan fingerprint density at radius 3 is 2.35 bits per heavy atom. The summed E-state index contributed by atoms with van der Waals surface area (Å²) in [7, 11) is 0. The number of rotatable bonds is 4. The number of hydrogen-bond acceptors (Lipinski definition) is 3.